The van der Waals surface area contributed by atoms with E-state index in [1.54, 1.807) is 48.7 Å². The van der Waals surface area contributed by atoms with Crippen molar-refractivity contribution in [3.63, 3.8) is 0 Å². The molecule has 0 radical (unpaired) electrons. The van der Waals surface area contributed by atoms with Crippen LogP contribution in [0, 0.1) is 6.92 Å². The number of likely N-dealkylation sites (tertiary alicyclic amines) is 1. The minimum Gasteiger partial charge on any atom is -0.493 e. The van der Waals surface area contributed by atoms with Gasteiger partial charge in [0.2, 0.25) is 5.91 Å². The molecule has 1 aromatic heterocycles. The summed E-state index contributed by atoms with van der Waals surface area (Å²) in [5.74, 6) is 1.18. The van der Waals surface area contributed by atoms with Crippen LogP contribution in [0.15, 0.2) is 47.8 Å². The third-order valence-electron chi connectivity index (χ3n) is 7.44. The summed E-state index contributed by atoms with van der Waals surface area (Å²) in [5.41, 5.74) is 2.61. The largest absolute Gasteiger partial charge is 0.493 e. The number of carbonyl (C=O) groups is 2. The van der Waals surface area contributed by atoms with E-state index < -0.39 is 0 Å². The van der Waals surface area contributed by atoms with Crippen LogP contribution in [-0.2, 0) is 17.8 Å². The fourth-order valence-corrected chi connectivity index (χ4v) is 6.28. The van der Waals surface area contributed by atoms with E-state index in [2.05, 4.69) is 23.2 Å². The number of methoxy groups -OCH3 is 2. The van der Waals surface area contributed by atoms with Gasteiger partial charge in [-0.2, -0.15) is 0 Å². The second-order valence-electron chi connectivity index (χ2n) is 10.3. The van der Waals surface area contributed by atoms with Gasteiger partial charge in [0.05, 0.1) is 31.5 Å². The van der Waals surface area contributed by atoms with E-state index in [1.165, 1.54) is 0 Å². The summed E-state index contributed by atoms with van der Waals surface area (Å²) < 4.78 is 10.8. The van der Waals surface area contributed by atoms with Gasteiger partial charge in [-0.15, -0.1) is 11.3 Å². The molecule has 0 unspecified atom stereocenters. The molecule has 1 aliphatic rings. The Kier molecular flexibility index (Phi) is 11.8. The summed E-state index contributed by atoms with van der Waals surface area (Å²) in [4.78, 5) is 34.3. The van der Waals surface area contributed by atoms with Crippen molar-refractivity contribution in [2.75, 3.05) is 58.8 Å². The van der Waals surface area contributed by atoms with E-state index >= 15 is 0 Å². The van der Waals surface area contributed by atoms with Crippen molar-refractivity contribution in [1.29, 1.82) is 0 Å². The smallest absolute Gasteiger partial charge is 0.322 e. The van der Waals surface area contributed by atoms with Crippen molar-refractivity contribution in [3.05, 3.63) is 73.9 Å². The Hall–Kier alpha value is -2.98. The minimum atomic E-state index is -0.376. The lowest BCUT2D eigenvalue weighted by Gasteiger charge is -2.29. The van der Waals surface area contributed by atoms with Crippen molar-refractivity contribution in [1.82, 2.24) is 14.7 Å². The van der Waals surface area contributed by atoms with Gasteiger partial charge in [0.25, 0.3) is 0 Å². The number of rotatable bonds is 13. The number of hydrogen-bond donors (Lipinski definition) is 1. The third kappa shape index (κ3) is 8.77. The molecule has 1 aliphatic heterocycles. The highest BCUT2D eigenvalue weighted by molar-refractivity contribution is 7.10. The summed E-state index contributed by atoms with van der Waals surface area (Å²) in [5, 5.41) is 5.73. The second kappa shape index (κ2) is 15.5. The molecule has 2 heterocycles. The summed E-state index contributed by atoms with van der Waals surface area (Å²) in [6, 6.07) is 12.4. The lowest BCUT2D eigenvalue weighted by molar-refractivity contribution is -0.132. The van der Waals surface area contributed by atoms with Gasteiger partial charge >= 0.3 is 6.03 Å². The molecule has 4 rings (SSSR count). The van der Waals surface area contributed by atoms with Crippen LogP contribution in [0.4, 0.5) is 10.5 Å². The number of aryl methyl sites for hydroxylation is 1. The highest BCUT2D eigenvalue weighted by Gasteiger charge is 2.24. The van der Waals surface area contributed by atoms with Crippen LogP contribution < -0.4 is 14.8 Å². The highest BCUT2D eigenvalue weighted by Crippen LogP contribution is 2.28. The number of ether oxygens (including phenoxy) is 2. The molecule has 11 heteroatoms. The van der Waals surface area contributed by atoms with E-state index in [0.29, 0.717) is 59.8 Å². The van der Waals surface area contributed by atoms with Gasteiger partial charge in [-0.25, -0.2) is 4.79 Å². The average Bonchev–Trinajstić information content (AvgIpc) is 3.65. The van der Waals surface area contributed by atoms with Crippen LogP contribution in [0.25, 0.3) is 0 Å². The fraction of sp³-hybridized carbons (Fsp3) is 0.419. The van der Waals surface area contributed by atoms with Crippen LogP contribution in [0.1, 0.15) is 28.8 Å². The SMILES string of the molecule is COc1ccc(CCN(Cc2sccc2C)C(=O)CN(CCN2CCCC2)C(=O)Nc2ccc(Cl)cc2Cl)cc1OC. The Bertz CT molecular complexity index is 1360. The monoisotopic (exact) mass is 632 g/mol. The highest BCUT2D eigenvalue weighted by atomic mass is 35.5. The maximum absolute atomic E-state index is 13.9. The predicted molar refractivity (Wildman–Crippen MR) is 170 cm³/mol. The second-order valence-corrected chi connectivity index (χ2v) is 12.2. The van der Waals surface area contributed by atoms with E-state index in [9.17, 15) is 9.59 Å². The fourth-order valence-electron chi connectivity index (χ4n) is 4.90. The number of nitrogens with zero attached hydrogens (tertiary/aromatic N) is 3. The zero-order valence-electron chi connectivity index (χ0n) is 24.3. The zero-order chi connectivity index (χ0) is 30.1. The number of amides is 3. The van der Waals surface area contributed by atoms with Crippen molar-refractivity contribution < 1.29 is 19.1 Å². The summed E-state index contributed by atoms with van der Waals surface area (Å²) in [6.07, 6.45) is 2.92. The average molecular weight is 634 g/mol. The number of hydrogen-bond acceptors (Lipinski definition) is 6. The molecule has 3 aromatic rings. The third-order valence-corrected chi connectivity index (χ3v) is 9.00. The molecule has 2 aromatic carbocycles. The number of nitrogens with one attached hydrogen (secondary N) is 1. The van der Waals surface area contributed by atoms with E-state index in [1.807, 2.05) is 28.5 Å². The molecule has 1 fully saturated rings. The molecule has 1 saturated heterocycles. The Labute approximate surface area is 262 Å². The minimum absolute atomic E-state index is 0.0543. The van der Waals surface area contributed by atoms with Crippen molar-refractivity contribution >= 4 is 52.2 Å². The topological polar surface area (TPSA) is 74.4 Å². The maximum Gasteiger partial charge on any atom is 0.322 e. The summed E-state index contributed by atoms with van der Waals surface area (Å²) in [6.45, 7) is 6.07. The normalized spacial score (nSPS) is 13.2. The van der Waals surface area contributed by atoms with Crippen molar-refractivity contribution in [2.45, 2.75) is 32.7 Å². The number of urea groups is 1. The first-order valence-electron chi connectivity index (χ1n) is 14.0. The van der Waals surface area contributed by atoms with Gasteiger partial charge in [0, 0.05) is 29.5 Å². The van der Waals surface area contributed by atoms with Gasteiger partial charge in [-0.05, 0) is 92.2 Å². The van der Waals surface area contributed by atoms with Gasteiger partial charge < -0.3 is 29.5 Å². The van der Waals surface area contributed by atoms with E-state index in [-0.39, 0.29) is 18.5 Å². The first kappa shape index (κ1) is 31.9. The van der Waals surface area contributed by atoms with E-state index in [4.69, 9.17) is 32.7 Å². The standard InChI is InChI=1S/C31H38Cl2N4O4S/c1-22-11-17-42-29(22)20-36(14-10-23-6-9-27(40-2)28(18-23)41-3)30(38)21-37(16-15-35-12-4-5-13-35)31(39)34-26-8-7-24(32)19-25(26)33/h6-9,11,17-19H,4-5,10,12-16,20-21H2,1-3H3,(H,34,39). The Morgan fingerprint density at radius 1 is 0.976 bits per heavy atom. The number of benzene rings is 2. The Balaban J connectivity index is 1.51. The molecule has 0 bridgehead atoms. The zero-order valence-corrected chi connectivity index (χ0v) is 26.7. The lowest BCUT2D eigenvalue weighted by Crippen LogP contribution is -2.47. The van der Waals surface area contributed by atoms with Crippen molar-refractivity contribution in [2.24, 2.45) is 0 Å². The summed E-state index contributed by atoms with van der Waals surface area (Å²) >= 11 is 14.0. The van der Waals surface area contributed by atoms with Crippen LogP contribution >= 0.6 is 34.5 Å². The quantitative estimate of drug-likeness (QED) is 0.230. The summed E-state index contributed by atoms with van der Waals surface area (Å²) in [7, 11) is 3.21. The molecule has 1 N–H and O–H groups in total. The van der Waals surface area contributed by atoms with Crippen LogP contribution in [0.2, 0.25) is 10.0 Å². The van der Waals surface area contributed by atoms with Gasteiger partial charge in [0.15, 0.2) is 11.5 Å². The predicted octanol–water partition coefficient (Wildman–Crippen LogP) is 6.58. The lowest BCUT2D eigenvalue weighted by atomic mass is 10.1. The van der Waals surface area contributed by atoms with Gasteiger partial charge in [0.1, 0.15) is 6.54 Å². The number of carbonyl (C=O) groups excluding carboxylic acids is 2. The van der Waals surface area contributed by atoms with Crippen LogP contribution in [-0.4, -0.2) is 80.1 Å². The van der Waals surface area contributed by atoms with Crippen LogP contribution in [0.3, 0.4) is 0 Å². The maximum atomic E-state index is 13.9. The first-order chi connectivity index (χ1) is 20.3. The molecule has 226 valence electrons. The molecule has 8 nitrogen and oxygen atoms in total. The molecule has 0 atom stereocenters. The molecule has 0 saturated carbocycles. The van der Waals surface area contributed by atoms with Crippen molar-refractivity contribution in [3.8, 4) is 11.5 Å². The molecular weight excluding hydrogens is 595 g/mol. The molecule has 42 heavy (non-hydrogen) atoms. The van der Waals surface area contributed by atoms with Gasteiger partial charge in [-0.3, -0.25) is 4.79 Å². The Morgan fingerprint density at radius 2 is 1.74 bits per heavy atom. The molecule has 0 aliphatic carbocycles. The van der Waals surface area contributed by atoms with Crippen LogP contribution in [0.5, 0.6) is 11.5 Å². The Morgan fingerprint density at radius 3 is 2.40 bits per heavy atom. The molecule has 0 spiro atoms. The first-order valence-corrected chi connectivity index (χ1v) is 15.7. The molecule has 3 amide bonds. The van der Waals surface area contributed by atoms with E-state index in [0.717, 1.165) is 41.9 Å². The number of halogens is 2. The molecular formula is C31H38Cl2N4O4S. The number of thiophene rings is 1. The van der Waals surface area contributed by atoms with Gasteiger partial charge in [-0.1, -0.05) is 29.3 Å². The number of anilines is 1.